The van der Waals surface area contributed by atoms with Crippen LogP contribution >= 0.6 is 23.4 Å². The van der Waals surface area contributed by atoms with E-state index in [1.54, 1.807) is 11.8 Å². The van der Waals surface area contributed by atoms with Gasteiger partial charge in [0.05, 0.1) is 18.8 Å². The second kappa shape index (κ2) is 10.3. The molecule has 0 amide bonds. The highest BCUT2D eigenvalue weighted by atomic mass is 35.5. The van der Waals surface area contributed by atoms with Crippen LogP contribution in [0, 0.1) is 0 Å². The van der Waals surface area contributed by atoms with Gasteiger partial charge in [-0.05, 0) is 60.2 Å². The summed E-state index contributed by atoms with van der Waals surface area (Å²) < 4.78 is 0. The Morgan fingerprint density at radius 1 is 0.828 bits per heavy atom. The molecule has 0 unspecified atom stereocenters. The van der Waals surface area contributed by atoms with Gasteiger partial charge in [0.15, 0.2) is 0 Å². The maximum Gasteiger partial charge on any atom is 0.0633 e. The minimum absolute atomic E-state index is 0.226. The molecule has 5 heteroatoms. The van der Waals surface area contributed by atoms with E-state index in [0.29, 0.717) is 6.42 Å². The summed E-state index contributed by atoms with van der Waals surface area (Å²) in [7, 11) is 0. The first kappa shape index (κ1) is 21.9. The van der Waals surface area contributed by atoms with E-state index in [2.05, 4.69) is 42.5 Å². The quantitative estimate of drug-likeness (QED) is 0.441. The molecule has 3 rings (SSSR count). The molecule has 3 nitrogen and oxygen atoms in total. The van der Waals surface area contributed by atoms with Gasteiger partial charge in [0.1, 0.15) is 0 Å². The van der Waals surface area contributed by atoms with Crippen molar-refractivity contribution in [3.63, 3.8) is 0 Å². The molecule has 0 saturated heterocycles. The van der Waals surface area contributed by atoms with Crippen LogP contribution in [-0.2, 0) is 6.42 Å². The van der Waals surface area contributed by atoms with Crippen molar-refractivity contribution in [1.29, 1.82) is 0 Å². The fourth-order valence-corrected chi connectivity index (χ4v) is 4.31. The van der Waals surface area contributed by atoms with Crippen molar-refractivity contribution < 1.29 is 10.2 Å². The van der Waals surface area contributed by atoms with Crippen LogP contribution in [0.15, 0.2) is 82.6 Å². The van der Waals surface area contributed by atoms with Crippen LogP contribution in [0.5, 0.6) is 0 Å². The van der Waals surface area contributed by atoms with Gasteiger partial charge >= 0.3 is 0 Å². The largest absolute Gasteiger partial charge is 0.394 e. The Morgan fingerprint density at radius 2 is 1.45 bits per heavy atom. The molecule has 4 N–H and O–H groups in total. The van der Waals surface area contributed by atoms with Crippen molar-refractivity contribution in [3.8, 4) is 11.1 Å². The molecule has 0 atom stereocenters. The number of aliphatic hydroxyl groups excluding tert-OH is 2. The highest BCUT2D eigenvalue weighted by molar-refractivity contribution is 7.99. The Bertz CT molecular complexity index is 912. The average Bonchev–Trinajstić information content (AvgIpc) is 2.76. The SMILES string of the molecule is NC(CO)(CO)CCCc1ccc(Sc2ccc(-c3ccccc3)cc2)cc1Cl. The fraction of sp³-hybridized carbons (Fsp3) is 0.250. The lowest BCUT2D eigenvalue weighted by molar-refractivity contribution is 0.113. The van der Waals surface area contributed by atoms with E-state index in [1.165, 1.54) is 11.1 Å². The van der Waals surface area contributed by atoms with E-state index in [9.17, 15) is 10.2 Å². The van der Waals surface area contributed by atoms with Crippen LogP contribution in [0.4, 0.5) is 0 Å². The van der Waals surface area contributed by atoms with E-state index < -0.39 is 5.54 Å². The molecule has 3 aromatic carbocycles. The zero-order chi connectivity index (χ0) is 20.7. The smallest absolute Gasteiger partial charge is 0.0633 e. The number of aliphatic hydroxyl groups is 2. The molecule has 0 aromatic heterocycles. The van der Waals surface area contributed by atoms with Gasteiger partial charge in [-0.3, -0.25) is 0 Å². The molecule has 0 bridgehead atoms. The van der Waals surface area contributed by atoms with E-state index in [-0.39, 0.29) is 13.2 Å². The van der Waals surface area contributed by atoms with Gasteiger partial charge in [-0.25, -0.2) is 0 Å². The molecule has 0 saturated carbocycles. The van der Waals surface area contributed by atoms with Gasteiger partial charge in [0.2, 0.25) is 0 Å². The first-order valence-corrected chi connectivity index (χ1v) is 10.8. The van der Waals surface area contributed by atoms with Crippen LogP contribution in [0.25, 0.3) is 11.1 Å². The first-order valence-electron chi connectivity index (χ1n) is 9.65. The lowest BCUT2D eigenvalue weighted by Gasteiger charge is -2.24. The van der Waals surface area contributed by atoms with Crippen molar-refractivity contribution in [1.82, 2.24) is 0 Å². The highest BCUT2D eigenvalue weighted by Gasteiger charge is 2.22. The molecule has 3 aromatic rings. The standard InChI is InChI=1S/C24H26ClNO2S/c25-23-15-22(13-10-20(23)7-4-14-24(26,16-27)17-28)29-21-11-8-19(9-12-21)18-5-2-1-3-6-18/h1-3,5-6,8-13,15,27-28H,4,7,14,16-17,26H2. The summed E-state index contributed by atoms with van der Waals surface area (Å²) in [6, 6.07) is 24.9. The predicted octanol–water partition coefficient (Wildman–Crippen LogP) is 5.16. The Hall–Kier alpha value is -1.82. The molecule has 0 fully saturated rings. The molecular formula is C24H26ClNO2S. The number of aryl methyl sites for hydroxylation is 1. The van der Waals surface area contributed by atoms with Gasteiger partial charge < -0.3 is 15.9 Å². The second-order valence-electron chi connectivity index (χ2n) is 7.28. The Morgan fingerprint density at radius 3 is 2.07 bits per heavy atom. The Kier molecular flexibility index (Phi) is 7.76. The van der Waals surface area contributed by atoms with Crippen molar-refractivity contribution in [3.05, 3.63) is 83.4 Å². The molecule has 152 valence electrons. The summed E-state index contributed by atoms with van der Waals surface area (Å²) in [6.07, 6.45) is 2.06. The summed E-state index contributed by atoms with van der Waals surface area (Å²) in [6.45, 7) is -0.453. The summed E-state index contributed by atoms with van der Waals surface area (Å²) in [5.41, 5.74) is 8.46. The minimum Gasteiger partial charge on any atom is -0.394 e. The van der Waals surface area contributed by atoms with Gasteiger partial charge in [-0.1, -0.05) is 71.9 Å². The molecule has 0 spiro atoms. The molecule has 29 heavy (non-hydrogen) atoms. The monoisotopic (exact) mass is 427 g/mol. The van der Waals surface area contributed by atoms with Crippen molar-refractivity contribution >= 4 is 23.4 Å². The molecule has 0 aliphatic rings. The average molecular weight is 428 g/mol. The van der Waals surface area contributed by atoms with E-state index in [0.717, 1.165) is 33.2 Å². The fourth-order valence-electron chi connectivity index (χ4n) is 3.12. The highest BCUT2D eigenvalue weighted by Crippen LogP contribution is 2.32. The zero-order valence-corrected chi connectivity index (χ0v) is 17.8. The third-order valence-electron chi connectivity index (χ3n) is 4.97. The predicted molar refractivity (Wildman–Crippen MR) is 121 cm³/mol. The second-order valence-corrected chi connectivity index (χ2v) is 8.83. The number of benzene rings is 3. The molecule has 0 aliphatic heterocycles. The van der Waals surface area contributed by atoms with Crippen LogP contribution in [0.3, 0.4) is 0 Å². The zero-order valence-electron chi connectivity index (χ0n) is 16.2. The van der Waals surface area contributed by atoms with E-state index in [1.807, 2.05) is 30.3 Å². The van der Waals surface area contributed by atoms with Crippen LogP contribution in [-0.4, -0.2) is 29.0 Å². The topological polar surface area (TPSA) is 66.5 Å². The molecule has 0 heterocycles. The molecule has 0 radical (unpaired) electrons. The van der Waals surface area contributed by atoms with Crippen LogP contribution < -0.4 is 5.73 Å². The van der Waals surface area contributed by atoms with Gasteiger partial charge in [-0.2, -0.15) is 0 Å². The number of halogens is 1. The summed E-state index contributed by atoms with van der Waals surface area (Å²) in [5, 5.41) is 19.3. The van der Waals surface area contributed by atoms with E-state index in [4.69, 9.17) is 17.3 Å². The molecule has 0 aliphatic carbocycles. The lowest BCUT2D eigenvalue weighted by Crippen LogP contribution is -2.47. The number of hydrogen-bond acceptors (Lipinski definition) is 4. The van der Waals surface area contributed by atoms with Crippen molar-refractivity contribution in [2.24, 2.45) is 5.73 Å². The number of rotatable bonds is 9. The summed E-state index contributed by atoms with van der Waals surface area (Å²) in [5.74, 6) is 0. The third-order valence-corrected chi connectivity index (χ3v) is 6.32. The normalized spacial score (nSPS) is 11.6. The number of nitrogens with two attached hydrogens (primary N) is 1. The molecular weight excluding hydrogens is 402 g/mol. The van der Waals surface area contributed by atoms with Crippen LogP contribution in [0.2, 0.25) is 5.02 Å². The van der Waals surface area contributed by atoms with Crippen molar-refractivity contribution in [2.75, 3.05) is 13.2 Å². The summed E-state index contributed by atoms with van der Waals surface area (Å²) >= 11 is 8.15. The lowest BCUT2D eigenvalue weighted by atomic mass is 9.94. The number of hydrogen-bond donors (Lipinski definition) is 3. The van der Waals surface area contributed by atoms with Gasteiger partial charge in [0.25, 0.3) is 0 Å². The van der Waals surface area contributed by atoms with E-state index >= 15 is 0 Å². The minimum atomic E-state index is -0.922. The van der Waals surface area contributed by atoms with Gasteiger partial charge in [-0.15, -0.1) is 0 Å². The Labute approximate surface area is 181 Å². The third kappa shape index (κ3) is 6.08. The van der Waals surface area contributed by atoms with Crippen molar-refractivity contribution in [2.45, 2.75) is 34.6 Å². The first-order chi connectivity index (χ1) is 14.0. The van der Waals surface area contributed by atoms with Gasteiger partial charge in [0, 0.05) is 14.8 Å². The maximum absolute atomic E-state index is 9.28. The summed E-state index contributed by atoms with van der Waals surface area (Å²) in [4.78, 5) is 2.25. The van der Waals surface area contributed by atoms with Crippen LogP contribution in [0.1, 0.15) is 18.4 Å². The Balaban J connectivity index is 1.60. The maximum atomic E-state index is 9.28.